The lowest BCUT2D eigenvalue weighted by Gasteiger charge is -2.18. The van der Waals surface area contributed by atoms with Crippen LogP contribution in [0.2, 0.25) is 0 Å². The number of benzene rings is 1. The van der Waals surface area contributed by atoms with E-state index in [2.05, 4.69) is 6.08 Å². The molecule has 0 unspecified atom stereocenters. The third-order valence-electron chi connectivity index (χ3n) is 3.50. The van der Waals surface area contributed by atoms with Gasteiger partial charge in [-0.15, -0.1) is 11.8 Å². The second kappa shape index (κ2) is 6.15. The summed E-state index contributed by atoms with van der Waals surface area (Å²) in [6.07, 6.45) is 5.43. The van der Waals surface area contributed by atoms with Crippen molar-refractivity contribution in [1.82, 2.24) is 4.90 Å². The van der Waals surface area contributed by atoms with Crippen molar-refractivity contribution >= 4 is 23.4 Å². The quantitative estimate of drug-likeness (QED) is 0.678. The van der Waals surface area contributed by atoms with Crippen LogP contribution in [-0.2, 0) is 4.79 Å². The Kier molecular flexibility index (Phi) is 4.53. The molecule has 0 aliphatic heterocycles. The molecule has 0 saturated heterocycles. The molecule has 1 aromatic carbocycles. The largest absolute Gasteiger partial charge is 0.398 e. The molecule has 0 saturated carbocycles. The van der Waals surface area contributed by atoms with Crippen LogP contribution in [0, 0.1) is 6.92 Å². The smallest absolute Gasteiger partial charge is 0.236 e. The Morgan fingerprint density at radius 3 is 2.95 bits per heavy atom. The fourth-order valence-corrected chi connectivity index (χ4v) is 3.12. The van der Waals surface area contributed by atoms with Crippen LogP contribution >= 0.6 is 11.8 Å². The first-order valence-corrected chi connectivity index (χ1v) is 7.51. The van der Waals surface area contributed by atoms with Crippen LogP contribution in [0.3, 0.4) is 0 Å². The lowest BCUT2D eigenvalue weighted by atomic mass is 10.2. The predicted octanol–water partition coefficient (Wildman–Crippen LogP) is 3.20. The van der Waals surface area contributed by atoms with Gasteiger partial charge in [-0.05, 0) is 43.9 Å². The normalized spacial score (nSPS) is 14.3. The highest BCUT2D eigenvalue weighted by atomic mass is 32.2. The summed E-state index contributed by atoms with van der Waals surface area (Å²) in [4.78, 5) is 15.0. The van der Waals surface area contributed by atoms with E-state index in [1.807, 2.05) is 32.2 Å². The minimum absolute atomic E-state index is 0.153. The Balaban J connectivity index is 1.95. The molecular formula is C15H20N2OS. The Hall–Kier alpha value is -1.42. The molecule has 0 fully saturated rings. The summed E-state index contributed by atoms with van der Waals surface area (Å²) in [5, 5.41) is 0. The van der Waals surface area contributed by atoms with Gasteiger partial charge in [0, 0.05) is 23.3 Å². The van der Waals surface area contributed by atoms with Gasteiger partial charge in [0.05, 0.1) is 5.75 Å². The topological polar surface area (TPSA) is 46.3 Å². The van der Waals surface area contributed by atoms with E-state index in [1.54, 1.807) is 16.7 Å². The van der Waals surface area contributed by atoms with E-state index in [1.165, 1.54) is 0 Å². The molecule has 1 aliphatic carbocycles. The Labute approximate surface area is 118 Å². The molecule has 0 spiro atoms. The van der Waals surface area contributed by atoms with Crippen LogP contribution in [0.4, 0.5) is 5.69 Å². The van der Waals surface area contributed by atoms with Crippen LogP contribution < -0.4 is 5.73 Å². The maximum atomic E-state index is 12.1. The van der Waals surface area contributed by atoms with Crippen LogP contribution in [0.25, 0.3) is 0 Å². The number of amides is 1. The first-order valence-electron chi connectivity index (χ1n) is 6.53. The van der Waals surface area contributed by atoms with Crippen LogP contribution in [0.1, 0.15) is 24.8 Å². The molecule has 1 amide bonds. The number of nitrogen functional groups attached to an aromatic ring is 1. The van der Waals surface area contributed by atoms with Crippen molar-refractivity contribution in [1.29, 1.82) is 0 Å². The molecule has 2 rings (SSSR count). The molecule has 102 valence electrons. The van der Waals surface area contributed by atoms with E-state index in [0.29, 0.717) is 5.75 Å². The molecular weight excluding hydrogens is 256 g/mol. The number of thioether (sulfide) groups is 1. The number of allylic oxidation sites excluding steroid dienone is 2. The zero-order valence-electron chi connectivity index (χ0n) is 11.5. The third kappa shape index (κ3) is 3.32. The van der Waals surface area contributed by atoms with Gasteiger partial charge in [0.2, 0.25) is 5.91 Å². The minimum Gasteiger partial charge on any atom is -0.398 e. The molecule has 3 nitrogen and oxygen atoms in total. The monoisotopic (exact) mass is 276 g/mol. The number of carbonyl (C=O) groups excluding carboxylic acids is 1. The average Bonchev–Trinajstić information content (AvgIpc) is 2.93. The van der Waals surface area contributed by atoms with E-state index in [4.69, 9.17) is 5.73 Å². The summed E-state index contributed by atoms with van der Waals surface area (Å²) in [6.45, 7) is 1.99. The summed E-state index contributed by atoms with van der Waals surface area (Å²) in [5.74, 6) is 0.609. The fraction of sp³-hybridized carbons (Fsp3) is 0.400. The first-order chi connectivity index (χ1) is 9.09. The number of nitrogens with two attached hydrogens (primary N) is 1. The zero-order valence-corrected chi connectivity index (χ0v) is 12.3. The third-order valence-corrected chi connectivity index (χ3v) is 4.64. The lowest BCUT2D eigenvalue weighted by Crippen LogP contribution is -2.27. The number of anilines is 1. The van der Waals surface area contributed by atoms with Crippen molar-refractivity contribution in [2.75, 3.05) is 18.5 Å². The van der Waals surface area contributed by atoms with Crippen LogP contribution in [0.5, 0.6) is 0 Å². The van der Waals surface area contributed by atoms with Gasteiger partial charge in [0.15, 0.2) is 0 Å². The number of hydrogen-bond acceptors (Lipinski definition) is 3. The number of rotatable bonds is 4. The van der Waals surface area contributed by atoms with Crippen molar-refractivity contribution in [3.63, 3.8) is 0 Å². The van der Waals surface area contributed by atoms with Gasteiger partial charge < -0.3 is 10.6 Å². The SMILES string of the molecule is Cc1c(N)cccc1SCC(=O)N(C)C1=CCCC1. The summed E-state index contributed by atoms with van der Waals surface area (Å²) in [6, 6.07) is 5.83. The highest BCUT2D eigenvalue weighted by Crippen LogP contribution is 2.27. The van der Waals surface area contributed by atoms with Crippen molar-refractivity contribution in [2.45, 2.75) is 31.1 Å². The molecule has 0 radical (unpaired) electrons. The van der Waals surface area contributed by atoms with Gasteiger partial charge in [-0.3, -0.25) is 4.79 Å². The maximum Gasteiger partial charge on any atom is 0.236 e. The molecule has 0 aromatic heterocycles. The van der Waals surface area contributed by atoms with E-state index in [0.717, 1.165) is 41.1 Å². The Bertz CT molecular complexity index is 511. The second-order valence-electron chi connectivity index (χ2n) is 4.80. The minimum atomic E-state index is 0.153. The summed E-state index contributed by atoms with van der Waals surface area (Å²) in [7, 11) is 1.87. The maximum absolute atomic E-state index is 12.1. The molecule has 19 heavy (non-hydrogen) atoms. The number of hydrogen-bond donors (Lipinski definition) is 1. The lowest BCUT2D eigenvalue weighted by molar-refractivity contribution is -0.125. The van der Waals surface area contributed by atoms with Gasteiger partial charge in [0.1, 0.15) is 0 Å². The molecule has 0 bridgehead atoms. The fourth-order valence-electron chi connectivity index (χ4n) is 2.14. The van der Waals surface area contributed by atoms with E-state index >= 15 is 0 Å². The van der Waals surface area contributed by atoms with Gasteiger partial charge in [-0.25, -0.2) is 0 Å². The van der Waals surface area contributed by atoms with Crippen molar-refractivity contribution in [3.8, 4) is 0 Å². The van der Waals surface area contributed by atoms with E-state index in [9.17, 15) is 4.79 Å². The predicted molar refractivity (Wildman–Crippen MR) is 81.0 cm³/mol. The molecule has 1 aliphatic rings. The number of nitrogens with zero attached hydrogens (tertiary/aromatic N) is 1. The van der Waals surface area contributed by atoms with Crippen molar-refractivity contribution < 1.29 is 4.79 Å². The van der Waals surface area contributed by atoms with Gasteiger partial charge >= 0.3 is 0 Å². The highest BCUT2D eigenvalue weighted by molar-refractivity contribution is 8.00. The van der Waals surface area contributed by atoms with E-state index in [-0.39, 0.29) is 5.91 Å². The summed E-state index contributed by atoms with van der Waals surface area (Å²) in [5.41, 5.74) is 8.87. The van der Waals surface area contributed by atoms with Crippen molar-refractivity contribution in [3.05, 3.63) is 35.5 Å². The van der Waals surface area contributed by atoms with Crippen LogP contribution in [0.15, 0.2) is 34.9 Å². The molecule has 1 aromatic rings. The summed E-state index contributed by atoms with van der Waals surface area (Å²) < 4.78 is 0. The van der Waals surface area contributed by atoms with Gasteiger partial charge in [-0.2, -0.15) is 0 Å². The summed E-state index contributed by atoms with van der Waals surface area (Å²) >= 11 is 1.56. The Morgan fingerprint density at radius 1 is 1.47 bits per heavy atom. The van der Waals surface area contributed by atoms with E-state index < -0.39 is 0 Å². The number of carbonyl (C=O) groups is 1. The first kappa shape index (κ1) is 14.0. The molecule has 2 N–H and O–H groups in total. The van der Waals surface area contributed by atoms with Gasteiger partial charge in [0.25, 0.3) is 0 Å². The standard InChI is InChI=1S/C15H20N2OS/c1-11-13(16)8-5-9-14(11)19-10-15(18)17(2)12-6-3-4-7-12/h5-6,8-9H,3-4,7,10,16H2,1-2H3. The van der Waals surface area contributed by atoms with Gasteiger partial charge in [-0.1, -0.05) is 12.1 Å². The zero-order chi connectivity index (χ0) is 13.8. The Morgan fingerprint density at radius 2 is 2.26 bits per heavy atom. The molecule has 4 heteroatoms. The average molecular weight is 276 g/mol. The van der Waals surface area contributed by atoms with Crippen LogP contribution in [-0.4, -0.2) is 23.6 Å². The highest BCUT2D eigenvalue weighted by Gasteiger charge is 2.16. The molecule has 0 heterocycles. The van der Waals surface area contributed by atoms with Crippen molar-refractivity contribution in [2.24, 2.45) is 0 Å². The second-order valence-corrected chi connectivity index (χ2v) is 5.82. The molecule has 0 atom stereocenters.